The molecule has 162 valence electrons. The van der Waals surface area contributed by atoms with E-state index in [0.29, 0.717) is 22.4 Å². The van der Waals surface area contributed by atoms with E-state index in [2.05, 4.69) is 0 Å². The van der Waals surface area contributed by atoms with Gasteiger partial charge in [-0.2, -0.15) is 0 Å². The highest BCUT2D eigenvalue weighted by molar-refractivity contribution is 7.91. The molecule has 0 bridgehead atoms. The maximum absolute atomic E-state index is 13.4. The van der Waals surface area contributed by atoms with Crippen molar-refractivity contribution in [1.82, 2.24) is 4.90 Å². The number of sulfone groups is 1. The van der Waals surface area contributed by atoms with E-state index >= 15 is 0 Å². The third kappa shape index (κ3) is 4.67. The van der Waals surface area contributed by atoms with Crippen molar-refractivity contribution in [2.75, 3.05) is 11.5 Å². The highest BCUT2D eigenvalue weighted by atomic mass is 35.5. The predicted octanol–water partition coefficient (Wildman–Crippen LogP) is 3.84. The number of carbonyl (C=O) groups excluding carboxylic acids is 1. The number of aryl methyl sites for hydroxylation is 1. The van der Waals surface area contributed by atoms with Crippen molar-refractivity contribution < 1.29 is 17.6 Å². The van der Waals surface area contributed by atoms with Gasteiger partial charge in [0.15, 0.2) is 21.0 Å². The zero-order valence-corrected chi connectivity index (χ0v) is 18.6. The van der Waals surface area contributed by atoms with Gasteiger partial charge >= 0.3 is 0 Å². The van der Waals surface area contributed by atoms with E-state index in [-0.39, 0.29) is 29.2 Å². The standard InChI is InChI=1S/C23H22ClNO5S/c1-2-15-5-8-21-19(11-15)20(26)12-22(30-21)23(27)25(18-9-10-31(28,29)14-18)13-16-3-6-17(24)7-4-16/h3-8,11-12,18H,2,9-10,13-14H2,1H3/t18-/m1/s1. The monoisotopic (exact) mass is 459 g/mol. The molecule has 1 amide bonds. The molecular formula is C23H22ClNO5S. The van der Waals surface area contributed by atoms with Crippen molar-refractivity contribution in [3.63, 3.8) is 0 Å². The lowest BCUT2D eigenvalue weighted by molar-refractivity contribution is 0.0648. The van der Waals surface area contributed by atoms with Crippen molar-refractivity contribution in [2.24, 2.45) is 0 Å². The molecule has 1 aromatic heterocycles. The molecule has 6 nitrogen and oxygen atoms in total. The van der Waals surface area contributed by atoms with Crippen molar-refractivity contribution in [3.8, 4) is 0 Å². The van der Waals surface area contributed by atoms with E-state index in [4.69, 9.17) is 16.0 Å². The molecule has 0 N–H and O–H groups in total. The summed E-state index contributed by atoms with van der Waals surface area (Å²) in [6.07, 6.45) is 1.13. The lowest BCUT2D eigenvalue weighted by Crippen LogP contribution is -2.40. The Balaban J connectivity index is 1.72. The van der Waals surface area contributed by atoms with Gasteiger partial charge in [0.25, 0.3) is 5.91 Å². The normalized spacial score (nSPS) is 17.7. The minimum atomic E-state index is -3.21. The van der Waals surface area contributed by atoms with Crippen LogP contribution >= 0.6 is 11.6 Å². The van der Waals surface area contributed by atoms with Gasteiger partial charge in [-0.05, 0) is 48.2 Å². The van der Waals surface area contributed by atoms with Gasteiger partial charge in [-0.1, -0.05) is 36.7 Å². The Labute approximate surface area is 185 Å². The first kappa shape index (κ1) is 21.6. The van der Waals surface area contributed by atoms with Crippen LogP contribution in [0.1, 0.15) is 35.0 Å². The quantitative estimate of drug-likeness (QED) is 0.578. The van der Waals surface area contributed by atoms with Crippen molar-refractivity contribution in [2.45, 2.75) is 32.4 Å². The fraction of sp³-hybridized carbons (Fsp3) is 0.304. The summed E-state index contributed by atoms with van der Waals surface area (Å²) in [5.74, 6) is -0.677. The predicted molar refractivity (Wildman–Crippen MR) is 120 cm³/mol. The average Bonchev–Trinajstić information content (AvgIpc) is 3.12. The van der Waals surface area contributed by atoms with E-state index in [1.165, 1.54) is 11.0 Å². The van der Waals surface area contributed by atoms with Crippen LogP contribution in [0.2, 0.25) is 5.02 Å². The van der Waals surface area contributed by atoms with E-state index in [1.807, 2.05) is 13.0 Å². The number of carbonyl (C=O) groups is 1. The minimum absolute atomic E-state index is 0.0313. The molecule has 1 aliphatic rings. The Hall–Kier alpha value is -2.64. The molecule has 31 heavy (non-hydrogen) atoms. The molecule has 2 aromatic carbocycles. The summed E-state index contributed by atoms with van der Waals surface area (Å²) in [6.45, 7) is 2.18. The zero-order chi connectivity index (χ0) is 22.2. The van der Waals surface area contributed by atoms with Crippen molar-refractivity contribution in [1.29, 1.82) is 0 Å². The van der Waals surface area contributed by atoms with Gasteiger partial charge in [0.05, 0.1) is 16.9 Å². The van der Waals surface area contributed by atoms with Gasteiger partial charge in [0.1, 0.15) is 5.58 Å². The number of benzene rings is 2. The van der Waals surface area contributed by atoms with Crippen LogP contribution in [0.3, 0.4) is 0 Å². The molecule has 1 fully saturated rings. The Morgan fingerprint density at radius 3 is 2.48 bits per heavy atom. The molecule has 1 aliphatic heterocycles. The van der Waals surface area contributed by atoms with Crippen LogP contribution in [0.5, 0.6) is 0 Å². The van der Waals surface area contributed by atoms with Crippen molar-refractivity contribution in [3.05, 3.63) is 80.7 Å². The molecule has 8 heteroatoms. The first-order valence-electron chi connectivity index (χ1n) is 10.1. The molecule has 0 unspecified atom stereocenters. The number of hydrogen-bond donors (Lipinski definition) is 0. The maximum Gasteiger partial charge on any atom is 0.290 e. The second-order valence-electron chi connectivity index (χ2n) is 7.78. The Kier molecular flexibility index (Phi) is 5.90. The summed E-state index contributed by atoms with van der Waals surface area (Å²) >= 11 is 5.96. The van der Waals surface area contributed by atoms with Crippen LogP contribution < -0.4 is 5.43 Å². The molecule has 0 aliphatic carbocycles. The molecule has 0 saturated carbocycles. The lowest BCUT2D eigenvalue weighted by Gasteiger charge is -2.28. The number of halogens is 1. The largest absolute Gasteiger partial charge is 0.451 e. The molecular weight excluding hydrogens is 438 g/mol. The van der Waals surface area contributed by atoms with E-state index in [9.17, 15) is 18.0 Å². The number of amides is 1. The molecule has 0 radical (unpaired) electrons. The summed E-state index contributed by atoms with van der Waals surface area (Å²) in [7, 11) is -3.21. The highest BCUT2D eigenvalue weighted by Gasteiger charge is 2.36. The number of rotatable bonds is 5. The van der Waals surface area contributed by atoms with E-state index in [0.717, 1.165) is 17.5 Å². The van der Waals surface area contributed by atoms with Crippen molar-refractivity contribution >= 4 is 38.3 Å². The zero-order valence-electron chi connectivity index (χ0n) is 17.0. The van der Waals surface area contributed by atoms with Crippen LogP contribution in [0.25, 0.3) is 11.0 Å². The molecule has 1 atom stereocenters. The highest BCUT2D eigenvalue weighted by Crippen LogP contribution is 2.24. The molecule has 2 heterocycles. The van der Waals surface area contributed by atoms with Gasteiger partial charge in [-0.25, -0.2) is 8.42 Å². The second kappa shape index (κ2) is 8.48. The van der Waals surface area contributed by atoms with Gasteiger partial charge in [-0.15, -0.1) is 0 Å². The SMILES string of the molecule is CCc1ccc2oc(C(=O)N(Cc3ccc(Cl)cc3)[C@@H]3CCS(=O)(=O)C3)cc(=O)c2c1. The number of nitrogens with zero attached hydrogens (tertiary/aromatic N) is 1. The topological polar surface area (TPSA) is 84.7 Å². The average molecular weight is 460 g/mol. The number of hydrogen-bond acceptors (Lipinski definition) is 5. The Morgan fingerprint density at radius 1 is 1.13 bits per heavy atom. The molecule has 4 rings (SSSR count). The molecule has 0 spiro atoms. The van der Waals surface area contributed by atoms with Gasteiger partial charge in [0.2, 0.25) is 0 Å². The van der Waals surface area contributed by atoms with E-state index in [1.54, 1.807) is 36.4 Å². The Morgan fingerprint density at radius 2 is 1.84 bits per heavy atom. The van der Waals surface area contributed by atoms with Crippen LogP contribution in [-0.2, 0) is 22.8 Å². The summed E-state index contributed by atoms with van der Waals surface area (Å²) in [6, 6.07) is 13.0. The number of fused-ring (bicyclic) bond motifs is 1. The van der Waals surface area contributed by atoms with Gasteiger partial charge in [0, 0.05) is 23.7 Å². The molecule has 1 saturated heterocycles. The second-order valence-corrected chi connectivity index (χ2v) is 10.4. The van der Waals surface area contributed by atoms with Crippen LogP contribution in [0.4, 0.5) is 0 Å². The lowest BCUT2D eigenvalue weighted by atomic mass is 10.1. The summed E-state index contributed by atoms with van der Waals surface area (Å²) in [5.41, 5.74) is 1.83. The fourth-order valence-corrected chi connectivity index (χ4v) is 5.70. The van der Waals surface area contributed by atoms with Gasteiger partial charge in [-0.3, -0.25) is 9.59 Å². The van der Waals surface area contributed by atoms with E-state index < -0.39 is 21.8 Å². The van der Waals surface area contributed by atoms with Crippen LogP contribution in [-0.4, -0.2) is 36.8 Å². The summed E-state index contributed by atoms with van der Waals surface area (Å²) in [4.78, 5) is 27.6. The summed E-state index contributed by atoms with van der Waals surface area (Å²) < 4.78 is 29.9. The third-order valence-electron chi connectivity index (χ3n) is 5.59. The smallest absolute Gasteiger partial charge is 0.290 e. The minimum Gasteiger partial charge on any atom is -0.451 e. The maximum atomic E-state index is 13.4. The summed E-state index contributed by atoms with van der Waals surface area (Å²) in [5, 5.41) is 0.987. The third-order valence-corrected chi connectivity index (χ3v) is 7.59. The first-order chi connectivity index (χ1) is 14.8. The first-order valence-corrected chi connectivity index (χ1v) is 12.3. The van der Waals surface area contributed by atoms with Gasteiger partial charge < -0.3 is 9.32 Å². The van der Waals surface area contributed by atoms with Crippen LogP contribution in [0.15, 0.2) is 57.7 Å². The van der Waals surface area contributed by atoms with Crippen LogP contribution in [0, 0.1) is 0 Å². The Bertz CT molecular complexity index is 1300. The fourth-order valence-electron chi connectivity index (χ4n) is 3.84. The molecule has 3 aromatic rings.